The summed E-state index contributed by atoms with van der Waals surface area (Å²) in [7, 11) is 1.98. The normalized spacial score (nSPS) is 22.1. The van der Waals surface area contributed by atoms with Gasteiger partial charge >= 0.3 is 0 Å². The van der Waals surface area contributed by atoms with Crippen molar-refractivity contribution in [1.29, 1.82) is 0 Å². The quantitative estimate of drug-likeness (QED) is 0.802. The second-order valence-electron chi connectivity index (χ2n) is 4.81. The third-order valence-corrected chi connectivity index (χ3v) is 3.30. The molecule has 2 heterocycles. The average molecular weight is 223 g/mol. The van der Waals surface area contributed by atoms with Gasteiger partial charge in [-0.25, -0.2) is 0 Å². The van der Waals surface area contributed by atoms with E-state index in [4.69, 9.17) is 0 Å². The van der Waals surface area contributed by atoms with E-state index in [1.807, 2.05) is 11.6 Å². The molecule has 1 unspecified atom stereocenters. The molecule has 1 fully saturated rings. The fraction of sp³-hybridized carbons (Fsp3) is 0.818. The minimum Gasteiger partial charge on any atom is -0.320 e. The molecule has 0 saturated carbocycles. The van der Waals surface area contributed by atoms with Gasteiger partial charge in [0.25, 0.3) is 0 Å². The maximum atomic E-state index is 4.07. The Labute approximate surface area is 96.8 Å². The Kier molecular flexibility index (Phi) is 3.56. The third-order valence-electron chi connectivity index (χ3n) is 3.30. The van der Waals surface area contributed by atoms with Crippen LogP contribution in [0.3, 0.4) is 0 Å². The average Bonchev–Trinajstić information content (AvgIpc) is 2.83. The summed E-state index contributed by atoms with van der Waals surface area (Å²) in [6, 6.07) is 1.25. The highest BCUT2D eigenvalue weighted by molar-refractivity contribution is 4.88. The smallest absolute Gasteiger partial charge is 0.146 e. The van der Waals surface area contributed by atoms with E-state index in [-0.39, 0.29) is 0 Å². The molecule has 1 aliphatic heterocycles. The van der Waals surface area contributed by atoms with Crippen molar-refractivity contribution < 1.29 is 0 Å². The number of nitrogens with zero attached hydrogens (tertiary/aromatic N) is 4. The molecule has 2 rings (SSSR count). The highest BCUT2D eigenvalue weighted by atomic mass is 15.3. The maximum Gasteiger partial charge on any atom is 0.146 e. The van der Waals surface area contributed by atoms with E-state index < -0.39 is 0 Å². The molecule has 1 saturated heterocycles. The van der Waals surface area contributed by atoms with Crippen molar-refractivity contribution in [3.63, 3.8) is 0 Å². The molecule has 16 heavy (non-hydrogen) atoms. The van der Waals surface area contributed by atoms with Crippen LogP contribution in [0.25, 0.3) is 0 Å². The van der Waals surface area contributed by atoms with E-state index in [2.05, 4.69) is 34.3 Å². The first kappa shape index (κ1) is 11.5. The summed E-state index contributed by atoms with van der Waals surface area (Å²) in [5.41, 5.74) is 0. The summed E-state index contributed by atoms with van der Waals surface area (Å²) in [5.74, 6) is 1.00. The van der Waals surface area contributed by atoms with Gasteiger partial charge in [-0.2, -0.15) is 0 Å². The Morgan fingerprint density at radius 3 is 2.94 bits per heavy atom. The Morgan fingerprint density at radius 1 is 1.56 bits per heavy atom. The van der Waals surface area contributed by atoms with E-state index in [9.17, 15) is 0 Å². The van der Waals surface area contributed by atoms with Crippen LogP contribution in [-0.4, -0.2) is 44.8 Å². The van der Waals surface area contributed by atoms with Gasteiger partial charge in [-0.15, -0.1) is 10.2 Å². The number of hydrogen-bond donors (Lipinski definition) is 1. The molecule has 0 radical (unpaired) electrons. The van der Waals surface area contributed by atoms with Crippen LogP contribution in [0.2, 0.25) is 0 Å². The zero-order valence-corrected chi connectivity index (χ0v) is 10.3. The van der Waals surface area contributed by atoms with Crippen LogP contribution in [0.1, 0.15) is 26.1 Å². The molecule has 90 valence electrons. The summed E-state index contributed by atoms with van der Waals surface area (Å²) in [5, 5.41) is 11.5. The number of nitrogens with one attached hydrogen (secondary N) is 1. The van der Waals surface area contributed by atoms with Crippen molar-refractivity contribution in [3.05, 3.63) is 12.2 Å². The van der Waals surface area contributed by atoms with Gasteiger partial charge < -0.3 is 9.88 Å². The fourth-order valence-electron chi connectivity index (χ4n) is 2.13. The van der Waals surface area contributed by atoms with Crippen LogP contribution in [0, 0.1) is 0 Å². The standard InChI is InChI=1S/C11H21N5/c1-9(2)16-5-4-10(7-16)12-6-11-14-13-8-15(11)3/h8-10,12H,4-7H2,1-3H3. The van der Waals surface area contributed by atoms with Gasteiger partial charge in [-0.3, -0.25) is 4.90 Å². The first-order valence-electron chi connectivity index (χ1n) is 5.97. The highest BCUT2D eigenvalue weighted by Crippen LogP contribution is 2.12. The summed E-state index contributed by atoms with van der Waals surface area (Å²) in [4.78, 5) is 2.51. The topological polar surface area (TPSA) is 46.0 Å². The van der Waals surface area contributed by atoms with Crippen molar-refractivity contribution in [2.75, 3.05) is 13.1 Å². The van der Waals surface area contributed by atoms with Crippen molar-refractivity contribution in [1.82, 2.24) is 25.0 Å². The summed E-state index contributed by atoms with van der Waals surface area (Å²) in [6.07, 6.45) is 2.97. The molecule has 5 nitrogen and oxygen atoms in total. The van der Waals surface area contributed by atoms with Gasteiger partial charge in [0.1, 0.15) is 12.2 Å². The van der Waals surface area contributed by atoms with Crippen molar-refractivity contribution >= 4 is 0 Å². The summed E-state index contributed by atoms with van der Waals surface area (Å²) >= 11 is 0. The Morgan fingerprint density at radius 2 is 2.38 bits per heavy atom. The van der Waals surface area contributed by atoms with Gasteiger partial charge in [0, 0.05) is 25.7 Å². The first-order valence-corrected chi connectivity index (χ1v) is 5.97. The molecular formula is C11H21N5. The lowest BCUT2D eigenvalue weighted by Crippen LogP contribution is -2.35. The van der Waals surface area contributed by atoms with Crippen LogP contribution in [0.15, 0.2) is 6.33 Å². The molecule has 5 heteroatoms. The number of hydrogen-bond acceptors (Lipinski definition) is 4. The van der Waals surface area contributed by atoms with E-state index in [1.165, 1.54) is 13.0 Å². The largest absolute Gasteiger partial charge is 0.320 e. The Hall–Kier alpha value is -0.940. The number of likely N-dealkylation sites (tertiary alicyclic amines) is 1. The highest BCUT2D eigenvalue weighted by Gasteiger charge is 2.23. The predicted octanol–water partition coefficient (Wildman–Crippen LogP) is 0.387. The molecule has 1 aromatic heterocycles. The van der Waals surface area contributed by atoms with Crippen LogP contribution in [-0.2, 0) is 13.6 Å². The minimum absolute atomic E-state index is 0.596. The van der Waals surface area contributed by atoms with E-state index >= 15 is 0 Å². The summed E-state index contributed by atoms with van der Waals surface area (Å²) < 4.78 is 1.96. The maximum absolute atomic E-state index is 4.07. The number of aromatic nitrogens is 3. The van der Waals surface area contributed by atoms with Gasteiger partial charge in [-0.05, 0) is 26.8 Å². The molecule has 1 N–H and O–H groups in total. The molecule has 0 aliphatic carbocycles. The molecule has 1 atom stereocenters. The molecule has 0 spiro atoms. The van der Waals surface area contributed by atoms with Crippen LogP contribution in [0.4, 0.5) is 0 Å². The predicted molar refractivity (Wildman–Crippen MR) is 63.0 cm³/mol. The van der Waals surface area contributed by atoms with Crippen molar-refractivity contribution in [2.24, 2.45) is 7.05 Å². The van der Waals surface area contributed by atoms with E-state index in [0.717, 1.165) is 18.9 Å². The molecule has 0 aromatic carbocycles. The first-order chi connectivity index (χ1) is 7.66. The minimum atomic E-state index is 0.596. The summed E-state index contributed by atoms with van der Waals surface area (Å²) in [6.45, 7) is 7.67. The lowest BCUT2D eigenvalue weighted by Gasteiger charge is -2.20. The number of aryl methyl sites for hydroxylation is 1. The second-order valence-corrected chi connectivity index (χ2v) is 4.81. The van der Waals surface area contributed by atoms with Gasteiger partial charge in [0.05, 0.1) is 6.54 Å². The van der Waals surface area contributed by atoms with Gasteiger partial charge in [-0.1, -0.05) is 0 Å². The van der Waals surface area contributed by atoms with Crippen molar-refractivity contribution in [2.45, 2.75) is 38.9 Å². The zero-order chi connectivity index (χ0) is 11.5. The molecular weight excluding hydrogens is 202 g/mol. The van der Waals surface area contributed by atoms with Crippen molar-refractivity contribution in [3.8, 4) is 0 Å². The monoisotopic (exact) mass is 223 g/mol. The van der Waals surface area contributed by atoms with E-state index in [1.54, 1.807) is 6.33 Å². The van der Waals surface area contributed by atoms with Crippen LogP contribution < -0.4 is 5.32 Å². The zero-order valence-electron chi connectivity index (χ0n) is 10.3. The Bertz CT molecular complexity index is 333. The molecule has 0 amide bonds. The lowest BCUT2D eigenvalue weighted by atomic mass is 10.2. The SMILES string of the molecule is CC(C)N1CCC(NCc2nncn2C)C1. The fourth-order valence-corrected chi connectivity index (χ4v) is 2.13. The molecule has 1 aliphatic rings. The number of rotatable bonds is 4. The molecule has 1 aromatic rings. The van der Waals surface area contributed by atoms with E-state index in [0.29, 0.717) is 12.1 Å². The lowest BCUT2D eigenvalue weighted by molar-refractivity contribution is 0.268. The van der Waals surface area contributed by atoms with Gasteiger partial charge in [0.15, 0.2) is 0 Å². The van der Waals surface area contributed by atoms with Crippen LogP contribution in [0.5, 0.6) is 0 Å². The van der Waals surface area contributed by atoms with Gasteiger partial charge in [0.2, 0.25) is 0 Å². The second kappa shape index (κ2) is 4.93. The third kappa shape index (κ3) is 2.59. The Balaban J connectivity index is 1.78. The molecule has 0 bridgehead atoms. The van der Waals surface area contributed by atoms with Crippen LogP contribution >= 0.6 is 0 Å².